The van der Waals surface area contributed by atoms with Crippen LogP contribution in [0.1, 0.15) is 55.0 Å². The highest BCUT2D eigenvalue weighted by Crippen LogP contribution is 2.60. The molecule has 5 nitrogen and oxygen atoms in total. The van der Waals surface area contributed by atoms with E-state index in [0.717, 1.165) is 25.1 Å². The number of amides is 1. The van der Waals surface area contributed by atoms with E-state index in [1.807, 2.05) is 4.57 Å². The summed E-state index contributed by atoms with van der Waals surface area (Å²) in [6.07, 6.45) is 6.85. The fourth-order valence-electron chi connectivity index (χ4n) is 4.79. The summed E-state index contributed by atoms with van der Waals surface area (Å²) in [5.41, 5.74) is 2.96. The maximum Gasteiger partial charge on any atom is 0.224 e. The molecule has 0 radical (unpaired) electrons. The van der Waals surface area contributed by atoms with Crippen LogP contribution in [0.5, 0.6) is 0 Å². The Morgan fingerprint density at radius 1 is 1.38 bits per heavy atom. The number of rotatable bonds is 5. The Hall–Kier alpha value is -1.95. The van der Waals surface area contributed by atoms with Crippen molar-refractivity contribution in [2.45, 2.75) is 56.4 Å². The van der Waals surface area contributed by atoms with Gasteiger partial charge in [0.25, 0.3) is 0 Å². The molecule has 2 atom stereocenters. The fraction of sp³-hybridized carbons (Fsp3) is 0.550. The second-order valence-electron chi connectivity index (χ2n) is 8.03. The lowest BCUT2D eigenvalue weighted by molar-refractivity contribution is -0.122. The minimum atomic E-state index is 0.101. The van der Waals surface area contributed by atoms with Gasteiger partial charge in [-0.2, -0.15) is 5.10 Å². The van der Waals surface area contributed by atoms with E-state index in [0.29, 0.717) is 23.8 Å². The number of aryl methyl sites for hydroxylation is 1. The van der Waals surface area contributed by atoms with Crippen LogP contribution in [0, 0.1) is 10.7 Å². The predicted molar refractivity (Wildman–Crippen MR) is 102 cm³/mol. The summed E-state index contributed by atoms with van der Waals surface area (Å²) in [5.74, 6) is 1.92. The van der Waals surface area contributed by atoms with E-state index in [1.165, 1.54) is 30.4 Å². The molecule has 3 aliphatic carbocycles. The number of aromatic amines is 1. The molecule has 5 rings (SSSR count). The van der Waals surface area contributed by atoms with Crippen molar-refractivity contribution in [3.8, 4) is 0 Å². The molecule has 26 heavy (non-hydrogen) atoms. The van der Waals surface area contributed by atoms with Gasteiger partial charge in [0.1, 0.15) is 5.82 Å². The number of hydrogen-bond donors (Lipinski definition) is 2. The molecular formula is C20H24N4OS. The lowest BCUT2D eigenvalue weighted by Gasteiger charge is -2.26. The molecule has 3 aliphatic rings. The average molecular weight is 369 g/mol. The zero-order chi connectivity index (χ0) is 17.7. The molecule has 0 saturated heterocycles. The molecule has 1 aromatic carbocycles. The third kappa shape index (κ3) is 2.62. The zero-order valence-electron chi connectivity index (χ0n) is 14.8. The summed E-state index contributed by atoms with van der Waals surface area (Å²) in [6, 6.07) is 8.68. The third-order valence-electron chi connectivity index (χ3n) is 6.38. The number of fused-ring (bicyclic) bond motifs is 2. The minimum absolute atomic E-state index is 0.101. The van der Waals surface area contributed by atoms with Crippen molar-refractivity contribution in [3.05, 3.63) is 46.0 Å². The number of carbonyl (C=O) groups is 1. The number of carbonyl (C=O) groups excluding carboxylic acids is 1. The van der Waals surface area contributed by atoms with Crippen molar-refractivity contribution in [2.75, 3.05) is 6.54 Å². The van der Waals surface area contributed by atoms with Crippen molar-refractivity contribution < 1.29 is 4.79 Å². The number of nitrogens with one attached hydrogen (secondary N) is 2. The van der Waals surface area contributed by atoms with Gasteiger partial charge in [0.15, 0.2) is 4.77 Å². The molecule has 1 heterocycles. The highest BCUT2D eigenvalue weighted by Gasteiger charge is 2.59. The Balaban J connectivity index is 1.23. The van der Waals surface area contributed by atoms with Crippen LogP contribution >= 0.6 is 12.2 Å². The molecule has 0 unspecified atom stereocenters. The number of nitrogens with zero attached hydrogens (tertiary/aromatic N) is 2. The van der Waals surface area contributed by atoms with Crippen molar-refractivity contribution in [1.82, 2.24) is 20.1 Å². The van der Waals surface area contributed by atoms with Crippen molar-refractivity contribution in [2.24, 2.45) is 5.92 Å². The van der Waals surface area contributed by atoms with Gasteiger partial charge in [0.05, 0.1) is 0 Å². The molecule has 0 aliphatic heterocycles. The molecule has 2 N–H and O–H groups in total. The van der Waals surface area contributed by atoms with Gasteiger partial charge in [-0.15, -0.1) is 0 Å². The monoisotopic (exact) mass is 368 g/mol. The predicted octanol–water partition coefficient (Wildman–Crippen LogP) is 3.23. The molecule has 6 heteroatoms. The number of H-pyrrole nitrogens is 1. The summed E-state index contributed by atoms with van der Waals surface area (Å²) in [7, 11) is 0. The quantitative estimate of drug-likeness (QED) is 0.797. The Morgan fingerprint density at radius 2 is 2.23 bits per heavy atom. The highest BCUT2D eigenvalue weighted by molar-refractivity contribution is 7.71. The van der Waals surface area contributed by atoms with Gasteiger partial charge in [-0.3, -0.25) is 9.89 Å². The SMILES string of the molecule is O=C(NCCn1c(C2CC2)n[nH]c1=S)[C@@H]1C[C@@]12CCCc1ccccc12. The molecule has 1 aromatic heterocycles. The molecule has 2 fully saturated rings. The van der Waals surface area contributed by atoms with Crippen LogP contribution in [0.25, 0.3) is 0 Å². The van der Waals surface area contributed by atoms with Gasteiger partial charge in [0, 0.05) is 30.3 Å². The van der Waals surface area contributed by atoms with Crippen LogP contribution in [0.15, 0.2) is 24.3 Å². The highest BCUT2D eigenvalue weighted by atomic mass is 32.1. The molecule has 0 bridgehead atoms. The summed E-state index contributed by atoms with van der Waals surface area (Å²) in [4.78, 5) is 12.8. The van der Waals surface area contributed by atoms with Gasteiger partial charge >= 0.3 is 0 Å². The van der Waals surface area contributed by atoms with E-state index in [2.05, 4.69) is 39.8 Å². The molecular weight excluding hydrogens is 344 g/mol. The van der Waals surface area contributed by atoms with Crippen molar-refractivity contribution in [3.63, 3.8) is 0 Å². The van der Waals surface area contributed by atoms with Crippen molar-refractivity contribution in [1.29, 1.82) is 0 Å². The van der Waals surface area contributed by atoms with Gasteiger partial charge in [0.2, 0.25) is 5.91 Å². The maximum absolute atomic E-state index is 12.8. The van der Waals surface area contributed by atoms with Gasteiger partial charge < -0.3 is 9.88 Å². The number of benzene rings is 1. The number of hydrogen-bond acceptors (Lipinski definition) is 3. The van der Waals surface area contributed by atoms with E-state index < -0.39 is 0 Å². The largest absolute Gasteiger partial charge is 0.354 e. The summed E-state index contributed by atoms with van der Waals surface area (Å²) >= 11 is 5.34. The van der Waals surface area contributed by atoms with E-state index in [9.17, 15) is 4.79 Å². The van der Waals surface area contributed by atoms with Crippen LogP contribution < -0.4 is 5.32 Å². The molecule has 1 spiro atoms. The number of aromatic nitrogens is 3. The van der Waals surface area contributed by atoms with E-state index in [-0.39, 0.29) is 17.2 Å². The fourth-order valence-corrected chi connectivity index (χ4v) is 5.02. The first-order valence-electron chi connectivity index (χ1n) is 9.70. The molecule has 2 aromatic rings. The molecule has 136 valence electrons. The Labute approximate surface area is 158 Å². The summed E-state index contributed by atoms with van der Waals surface area (Å²) in [5, 5.41) is 10.4. The third-order valence-corrected chi connectivity index (χ3v) is 6.69. The van der Waals surface area contributed by atoms with Gasteiger partial charge in [-0.1, -0.05) is 24.3 Å². The first kappa shape index (κ1) is 16.2. The topological polar surface area (TPSA) is 62.7 Å². The van der Waals surface area contributed by atoms with E-state index >= 15 is 0 Å². The average Bonchev–Trinajstić information content (AvgIpc) is 3.57. The second kappa shape index (κ2) is 6.05. The first-order valence-corrected chi connectivity index (χ1v) is 10.1. The standard InChI is InChI=1S/C20H24N4OS/c25-18(21-10-11-24-17(14-7-8-14)22-23-19(24)26)16-12-20(16)9-3-5-13-4-1-2-6-15(13)20/h1-2,4,6,14,16H,3,5,7-12H2,(H,21,25)(H,23,26)/t16-,20+/m0/s1. The van der Waals surface area contributed by atoms with Crippen molar-refractivity contribution >= 4 is 18.1 Å². The Kier molecular flexibility index (Phi) is 3.78. The first-order chi connectivity index (χ1) is 12.7. The van der Waals surface area contributed by atoms with E-state index in [4.69, 9.17) is 12.2 Å². The van der Waals surface area contributed by atoms with Crippen LogP contribution in [0.2, 0.25) is 0 Å². The maximum atomic E-state index is 12.8. The Morgan fingerprint density at radius 3 is 3.08 bits per heavy atom. The molecule has 2 saturated carbocycles. The second-order valence-corrected chi connectivity index (χ2v) is 8.41. The van der Waals surface area contributed by atoms with Crippen LogP contribution in [-0.4, -0.2) is 27.2 Å². The smallest absolute Gasteiger partial charge is 0.224 e. The van der Waals surface area contributed by atoms with Crippen LogP contribution in [-0.2, 0) is 23.2 Å². The summed E-state index contributed by atoms with van der Waals surface area (Å²) < 4.78 is 2.71. The van der Waals surface area contributed by atoms with Gasteiger partial charge in [-0.25, -0.2) is 0 Å². The minimum Gasteiger partial charge on any atom is -0.354 e. The Bertz CT molecular complexity index is 913. The lowest BCUT2D eigenvalue weighted by Crippen LogP contribution is -2.32. The van der Waals surface area contributed by atoms with E-state index in [1.54, 1.807) is 0 Å². The van der Waals surface area contributed by atoms with Gasteiger partial charge in [-0.05, 0) is 61.9 Å². The lowest BCUT2D eigenvalue weighted by atomic mass is 9.78. The summed E-state index contributed by atoms with van der Waals surface area (Å²) in [6.45, 7) is 1.31. The van der Waals surface area contributed by atoms with Crippen LogP contribution in [0.3, 0.4) is 0 Å². The van der Waals surface area contributed by atoms with Crippen LogP contribution in [0.4, 0.5) is 0 Å². The normalized spacial score (nSPS) is 26.5. The molecule has 1 amide bonds. The zero-order valence-corrected chi connectivity index (χ0v) is 15.6.